The molecule has 2 aromatic carbocycles. The molecule has 3 N–H and O–H groups in total. The van der Waals surface area contributed by atoms with Crippen molar-refractivity contribution in [1.82, 2.24) is 0 Å². The summed E-state index contributed by atoms with van der Waals surface area (Å²) in [5, 5.41) is 2.44. The van der Waals surface area contributed by atoms with E-state index in [-0.39, 0.29) is 0 Å². The van der Waals surface area contributed by atoms with Gasteiger partial charge in [0.25, 0.3) is 0 Å². The number of urea groups is 1. The summed E-state index contributed by atoms with van der Waals surface area (Å²) in [5.41, 5.74) is 6.24. The van der Waals surface area contributed by atoms with Crippen LogP contribution in [0.15, 0.2) is 65.7 Å². The molecule has 0 heterocycles. The van der Waals surface area contributed by atoms with Crippen LogP contribution in [0.3, 0.4) is 0 Å². The normalized spacial score (nSPS) is 8.42. The third-order valence-corrected chi connectivity index (χ3v) is 1.97. The second-order valence-electron chi connectivity index (χ2n) is 3.39. The highest BCUT2D eigenvalue weighted by atomic mass is 16.2. The molecule has 0 fully saturated rings. The van der Waals surface area contributed by atoms with Crippen molar-refractivity contribution in [2.45, 2.75) is 0 Å². The van der Waals surface area contributed by atoms with Crippen LogP contribution in [0, 0.1) is 0 Å². The number of anilines is 1. The number of carbonyl (C=O) groups is 1. The minimum Gasteiger partial charge on any atom is -0.351 e. The Morgan fingerprint density at radius 2 is 1.53 bits per heavy atom. The van der Waals surface area contributed by atoms with Gasteiger partial charge in [-0.2, -0.15) is 4.99 Å². The fraction of sp³-hybridized carbons (Fsp3) is 0. The number of hydrogen-bond acceptors (Lipinski definition) is 3. The van der Waals surface area contributed by atoms with Gasteiger partial charge in [0.1, 0.15) is 0 Å². The number of carbonyl (C=O) groups excluding carboxylic acids is 2. The molecule has 0 aliphatic rings. The fourth-order valence-electron chi connectivity index (χ4n) is 1.22. The Morgan fingerprint density at radius 1 is 1.00 bits per heavy atom. The van der Waals surface area contributed by atoms with Crippen molar-refractivity contribution in [2.75, 3.05) is 5.32 Å². The van der Waals surface area contributed by atoms with Crippen LogP contribution >= 0.6 is 0 Å². The van der Waals surface area contributed by atoms with Crippen molar-refractivity contribution in [3.8, 4) is 0 Å². The summed E-state index contributed by atoms with van der Waals surface area (Å²) in [4.78, 5) is 23.4. The van der Waals surface area contributed by atoms with Crippen molar-refractivity contribution in [1.29, 1.82) is 0 Å². The largest absolute Gasteiger partial charge is 0.351 e. The lowest BCUT2D eigenvalue weighted by Gasteiger charge is -1.97. The average molecular weight is 255 g/mol. The lowest BCUT2D eigenvalue weighted by molar-refractivity contribution is 0.259. The Morgan fingerprint density at radius 3 is 2.00 bits per heavy atom. The van der Waals surface area contributed by atoms with E-state index in [0.717, 1.165) is 5.69 Å². The van der Waals surface area contributed by atoms with Crippen LogP contribution in [0.1, 0.15) is 0 Å². The molecule has 0 aliphatic heterocycles. The average Bonchev–Trinajstić information content (AvgIpc) is 2.41. The molecule has 0 saturated heterocycles. The van der Waals surface area contributed by atoms with Crippen molar-refractivity contribution in [3.05, 3.63) is 60.7 Å². The summed E-state index contributed by atoms with van der Waals surface area (Å²) in [7, 11) is 0. The summed E-state index contributed by atoms with van der Waals surface area (Å²) < 4.78 is 0. The molecule has 5 nitrogen and oxygen atoms in total. The van der Waals surface area contributed by atoms with Crippen LogP contribution < -0.4 is 11.1 Å². The number of hydrogen-bond donors (Lipinski definition) is 2. The lowest BCUT2D eigenvalue weighted by Crippen LogP contribution is -2.18. The van der Waals surface area contributed by atoms with Crippen molar-refractivity contribution in [2.24, 2.45) is 10.7 Å². The number of para-hydroxylation sites is 2. The topological polar surface area (TPSA) is 84.5 Å². The first kappa shape index (κ1) is 14.2. The summed E-state index contributed by atoms with van der Waals surface area (Å²) in [6.45, 7) is 0. The fourth-order valence-corrected chi connectivity index (χ4v) is 1.22. The Kier molecular flexibility index (Phi) is 6.12. The molecule has 2 aromatic rings. The molecule has 0 bridgehead atoms. The number of rotatable bonds is 2. The molecule has 0 aliphatic carbocycles. The molecule has 19 heavy (non-hydrogen) atoms. The quantitative estimate of drug-likeness (QED) is 0.638. The van der Waals surface area contributed by atoms with Gasteiger partial charge in [-0.3, -0.25) is 0 Å². The zero-order valence-electron chi connectivity index (χ0n) is 10.1. The molecule has 0 spiro atoms. The van der Waals surface area contributed by atoms with Crippen LogP contribution in [0.2, 0.25) is 0 Å². The second kappa shape index (κ2) is 8.22. The maximum absolute atomic E-state index is 10.3. The maximum Gasteiger partial charge on any atom is 0.316 e. The molecule has 0 radical (unpaired) electrons. The zero-order valence-corrected chi connectivity index (χ0v) is 10.1. The van der Waals surface area contributed by atoms with Crippen molar-refractivity contribution in [3.63, 3.8) is 0 Å². The molecule has 0 atom stereocenters. The minimum atomic E-state index is -0.536. The minimum absolute atomic E-state index is 0.536. The predicted molar refractivity (Wildman–Crippen MR) is 73.9 cm³/mol. The molecule has 96 valence electrons. The second-order valence-corrected chi connectivity index (χ2v) is 3.39. The van der Waals surface area contributed by atoms with E-state index in [2.05, 4.69) is 10.3 Å². The van der Waals surface area contributed by atoms with E-state index in [1.807, 2.05) is 36.4 Å². The zero-order chi connectivity index (χ0) is 13.9. The number of benzene rings is 2. The monoisotopic (exact) mass is 255 g/mol. The number of amides is 2. The van der Waals surface area contributed by atoms with Gasteiger partial charge in [0.2, 0.25) is 6.08 Å². The van der Waals surface area contributed by atoms with E-state index in [9.17, 15) is 9.59 Å². The molecular weight excluding hydrogens is 242 g/mol. The first-order valence-corrected chi connectivity index (χ1v) is 5.47. The van der Waals surface area contributed by atoms with Crippen LogP contribution in [0.25, 0.3) is 0 Å². The number of nitrogens with one attached hydrogen (secondary N) is 1. The Hall–Kier alpha value is -2.91. The third-order valence-electron chi connectivity index (χ3n) is 1.97. The smallest absolute Gasteiger partial charge is 0.316 e. The molecule has 5 heteroatoms. The third kappa shape index (κ3) is 6.41. The maximum atomic E-state index is 10.3. The van der Waals surface area contributed by atoms with Gasteiger partial charge in [-0.25, -0.2) is 9.59 Å². The van der Waals surface area contributed by atoms with Crippen LogP contribution in [0.5, 0.6) is 0 Å². The lowest BCUT2D eigenvalue weighted by atomic mass is 10.3. The van der Waals surface area contributed by atoms with E-state index in [1.54, 1.807) is 24.3 Å². The van der Waals surface area contributed by atoms with E-state index in [4.69, 9.17) is 5.73 Å². The van der Waals surface area contributed by atoms with Gasteiger partial charge in [0.15, 0.2) is 0 Å². The van der Waals surface area contributed by atoms with Gasteiger partial charge >= 0.3 is 6.03 Å². The van der Waals surface area contributed by atoms with E-state index < -0.39 is 6.03 Å². The molecule has 0 aromatic heterocycles. The number of nitrogens with two attached hydrogens (primary N) is 1. The molecular formula is C14H13N3O2. The highest BCUT2D eigenvalue weighted by Crippen LogP contribution is 2.07. The number of aliphatic imine (C=N–C) groups is 1. The Labute approximate surface area is 110 Å². The first-order chi connectivity index (χ1) is 9.22. The van der Waals surface area contributed by atoms with E-state index in [1.165, 1.54) is 6.08 Å². The van der Waals surface area contributed by atoms with Crippen LogP contribution in [0.4, 0.5) is 16.2 Å². The van der Waals surface area contributed by atoms with Crippen molar-refractivity contribution < 1.29 is 9.59 Å². The van der Waals surface area contributed by atoms with E-state index >= 15 is 0 Å². The van der Waals surface area contributed by atoms with Gasteiger partial charge in [-0.1, -0.05) is 36.4 Å². The Balaban J connectivity index is 0.000000191. The molecule has 0 saturated carbocycles. The van der Waals surface area contributed by atoms with E-state index in [0.29, 0.717) is 5.69 Å². The summed E-state index contributed by atoms with van der Waals surface area (Å²) in [5.74, 6) is 0. The van der Waals surface area contributed by atoms with Gasteiger partial charge in [-0.05, 0) is 24.3 Å². The van der Waals surface area contributed by atoms with Crippen LogP contribution in [-0.2, 0) is 4.79 Å². The Bertz CT molecular complexity index is 549. The van der Waals surface area contributed by atoms with Gasteiger partial charge < -0.3 is 11.1 Å². The first-order valence-electron chi connectivity index (χ1n) is 5.47. The molecule has 2 rings (SSSR count). The van der Waals surface area contributed by atoms with Gasteiger partial charge in [0, 0.05) is 5.69 Å². The number of isocyanates is 1. The highest BCUT2D eigenvalue weighted by Gasteiger charge is 1.90. The highest BCUT2D eigenvalue weighted by molar-refractivity contribution is 5.87. The van der Waals surface area contributed by atoms with Gasteiger partial charge in [0.05, 0.1) is 5.69 Å². The number of nitrogens with zero attached hydrogens (tertiary/aromatic N) is 1. The molecule has 0 unspecified atom stereocenters. The standard InChI is InChI=1S/C7H8N2O.C7H5NO/c8-7(10)9-6-4-2-1-3-5-6;9-6-8-7-4-2-1-3-5-7/h1-5H,(H3,8,9,10);1-5H. The number of primary amides is 1. The summed E-state index contributed by atoms with van der Waals surface area (Å²) >= 11 is 0. The molecule has 2 amide bonds. The van der Waals surface area contributed by atoms with Crippen LogP contribution in [-0.4, -0.2) is 12.1 Å². The van der Waals surface area contributed by atoms with Crippen molar-refractivity contribution >= 4 is 23.5 Å². The summed E-state index contributed by atoms with van der Waals surface area (Å²) in [6.07, 6.45) is 1.46. The SMILES string of the molecule is NC(=O)Nc1ccccc1.O=C=Nc1ccccc1. The summed E-state index contributed by atoms with van der Waals surface area (Å²) in [6, 6.07) is 17.5. The predicted octanol–water partition coefficient (Wildman–Crippen LogP) is 2.83. The van der Waals surface area contributed by atoms with Gasteiger partial charge in [-0.15, -0.1) is 0 Å².